The minimum Gasteiger partial charge on any atom is -0.493 e. The average Bonchev–Trinajstić information content (AvgIpc) is 3.77. The Morgan fingerprint density at radius 3 is 2.26 bits per heavy atom. The second-order valence-corrected chi connectivity index (χ2v) is 12.6. The molecule has 6 rings (SSSR count). The van der Waals surface area contributed by atoms with Crippen molar-refractivity contribution >= 4 is 11.8 Å². The van der Waals surface area contributed by atoms with E-state index in [4.69, 9.17) is 20.9 Å². The molecule has 212 valence electrons. The first-order chi connectivity index (χ1) is 18.9. The molecule has 2 aliphatic carbocycles. The Labute approximate surface area is 232 Å². The SMILES string of the molecule is NC1=C(N)C[C@H](C(=O)N2C[C@H]3CCN(C(=O)c4cc(OCC5CCOCC5)cc(C5CC5)c4)CC[C@H]3C2)CC1. The number of carbonyl (C=O) groups is 2. The van der Waals surface area contributed by atoms with Crippen molar-refractivity contribution in [3.8, 4) is 5.75 Å². The van der Waals surface area contributed by atoms with Gasteiger partial charge < -0.3 is 30.7 Å². The molecule has 1 aromatic rings. The number of nitrogens with two attached hydrogens (primary N) is 2. The molecule has 3 saturated heterocycles. The molecule has 39 heavy (non-hydrogen) atoms. The van der Waals surface area contributed by atoms with Gasteiger partial charge in [-0.3, -0.25) is 9.59 Å². The molecular weight excluding hydrogens is 492 g/mol. The highest BCUT2D eigenvalue weighted by Gasteiger charge is 2.40. The number of ether oxygens (including phenoxy) is 2. The van der Waals surface area contributed by atoms with Gasteiger partial charge in [0.15, 0.2) is 0 Å². The second-order valence-electron chi connectivity index (χ2n) is 12.6. The molecule has 3 heterocycles. The standard InChI is InChI=1S/C31H44N4O4/c32-28-4-3-22(16-29(28)33)30(36)35-17-23-5-9-34(10-6-24(23)18-35)31(37)26-13-25(21-1-2-21)14-27(15-26)39-19-20-7-11-38-12-8-20/h13-15,20-24H,1-12,16-19,32-33H2/t22-,23-,24+/m1/s1. The van der Waals surface area contributed by atoms with Crippen LogP contribution in [0.1, 0.15) is 79.6 Å². The number of amides is 2. The fraction of sp³-hybridized carbons (Fsp3) is 0.677. The number of nitrogens with zero attached hydrogens (tertiary/aromatic N) is 2. The van der Waals surface area contributed by atoms with Crippen molar-refractivity contribution in [1.29, 1.82) is 0 Å². The molecule has 4 N–H and O–H groups in total. The lowest BCUT2D eigenvalue weighted by Crippen LogP contribution is -2.38. The largest absolute Gasteiger partial charge is 0.493 e. The number of likely N-dealkylation sites (tertiary alicyclic amines) is 2. The smallest absolute Gasteiger partial charge is 0.253 e. The zero-order valence-corrected chi connectivity index (χ0v) is 23.1. The summed E-state index contributed by atoms with van der Waals surface area (Å²) in [6.45, 7) is 5.37. The summed E-state index contributed by atoms with van der Waals surface area (Å²) in [5, 5.41) is 0. The summed E-state index contributed by atoms with van der Waals surface area (Å²) in [7, 11) is 0. The highest BCUT2D eigenvalue weighted by Crippen LogP contribution is 2.42. The molecule has 1 saturated carbocycles. The van der Waals surface area contributed by atoms with E-state index in [0.29, 0.717) is 48.8 Å². The first kappa shape index (κ1) is 26.5. The molecule has 0 spiro atoms. The van der Waals surface area contributed by atoms with Crippen LogP contribution in [0.2, 0.25) is 0 Å². The van der Waals surface area contributed by atoms with Crippen LogP contribution in [0.4, 0.5) is 0 Å². The van der Waals surface area contributed by atoms with Gasteiger partial charge in [0, 0.05) is 68.7 Å². The van der Waals surface area contributed by atoms with Crippen molar-refractivity contribution in [2.24, 2.45) is 35.1 Å². The van der Waals surface area contributed by atoms with Gasteiger partial charge in [-0.2, -0.15) is 0 Å². The van der Waals surface area contributed by atoms with Gasteiger partial charge in [-0.25, -0.2) is 0 Å². The molecule has 0 unspecified atom stereocenters. The zero-order valence-electron chi connectivity index (χ0n) is 23.1. The van der Waals surface area contributed by atoms with Gasteiger partial charge in [0.05, 0.1) is 6.61 Å². The van der Waals surface area contributed by atoms with E-state index in [1.807, 2.05) is 11.0 Å². The fourth-order valence-corrected chi connectivity index (χ4v) is 6.98. The molecule has 5 aliphatic rings. The Morgan fingerprint density at radius 1 is 0.872 bits per heavy atom. The molecule has 2 amide bonds. The lowest BCUT2D eigenvalue weighted by atomic mass is 9.89. The van der Waals surface area contributed by atoms with E-state index in [9.17, 15) is 9.59 Å². The predicted molar refractivity (Wildman–Crippen MR) is 149 cm³/mol. The monoisotopic (exact) mass is 536 g/mol. The molecule has 8 nitrogen and oxygen atoms in total. The van der Waals surface area contributed by atoms with Gasteiger partial charge >= 0.3 is 0 Å². The number of hydrogen-bond donors (Lipinski definition) is 2. The third kappa shape index (κ3) is 6.06. The number of hydrogen-bond acceptors (Lipinski definition) is 6. The van der Waals surface area contributed by atoms with Crippen LogP contribution in [0.25, 0.3) is 0 Å². The summed E-state index contributed by atoms with van der Waals surface area (Å²) in [5.41, 5.74) is 15.4. The molecule has 3 aliphatic heterocycles. The molecule has 4 fully saturated rings. The number of rotatable bonds is 6. The van der Waals surface area contributed by atoms with Gasteiger partial charge in [-0.1, -0.05) is 0 Å². The maximum absolute atomic E-state index is 13.7. The molecule has 0 bridgehead atoms. The summed E-state index contributed by atoms with van der Waals surface area (Å²) in [6.07, 6.45) is 8.42. The number of carbonyl (C=O) groups excluding carboxylic acids is 2. The Morgan fingerprint density at radius 2 is 1.59 bits per heavy atom. The lowest BCUT2D eigenvalue weighted by Gasteiger charge is -2.28. The Balaban J connectivity index is 1.07. The van der Waals surface area contributed by atoms with E-state index in [1.54, 1.807) is 0 Å². The summed E-state index contributed by atoms with van der Waals surface area (Å²) < 4.78 is 11.7. The summed E-state index contributed by atoms with van der Waals surface area (Å²) in [6, 6.07) is 6.21. The van der Waals surface area contributed by atoms with E-state index in [1.165, 1.54) is 18.4 Å². The number of fused-ring (bicyclic) bond motifs is 1. The molecule has 0 radical (unpaired) electrons. The van der Waals surface area contributed by atoms with E-state index in [2.05, 4.69) is 17.0 Å². The van der Waals surface area contributed by atoms with Crippen molar-refractivity contribution in [2.45, 2.75) is 63.7 Å². The topological polar surface area (TPSA) is 111 Å². The van der Waals surface area contributed by atoms with Crippen molar-refractivity contribution in [1.82, 2.24) is 9.80 Å². The van der Waals surface area contributed by atoms with E-state index >= 15 is 0 Å². The lowest BCUT2D eigenvalue weighted by molar-refractivity contribution is -0.135. The molecule has 0 aromatic heterocycles. The average molecular weight is 537 g/mol. The molecule has 1 aromatic carbocycles. The Kier molecular flexibility index (Phi) is 7.74. The Bertz CT molecular complexity index is 1090. The van der Waals surface area contributed by atoms with Crippen LogP contribution in [-0.2, 0) is 9.53 Å². The van der Waals surface area contributed by atoms with Crippen LogP contribution in [0, 0.1) is 23.7 Å². The first-order valence-electron chi connectivity index (χ1n) is 15.1. The highest BCUT2D eigenvalue weighted by molar-refractivity contribution is 5.95. The second kappa shape index (κ2) is 11.4. The zero-order chi connectivity index (χ0) is 26.9. The van der Waals surface area contributed by atoms with Crippen molar-refractivity contribution < 1.29 is 19.1 Å². The maximum atomic E-state index is 13.7. The minimum absolute atomic E-state index is 0.0423. The van der Waals surface area contributed by atoms with Crippen LogP contribution in [0.15, 0.2) is 29.6 Å². The summed E-state index contributed by atoms with van der Waals surface area (Å²) >= 11 is 0. The van der Waals surface area contributed by atoms with Gasteiger partial charge in [0.2, 0.25) is 5.91 Å². The first-order valence-corrected chi connectivity index (χ1v) is 15.1. The highest BCUT2D eigenvalue weighted by atomic mass is 16.5. The van der Waals surface area contributed by atoms with Gasteiger partial charge in [-0.05, 0) is 98.8 Å². The van der Waals surface area contributed by atoms with Crippen molar-refractivity contribution in [3.63, 3.8) is 0 Å². The van der Waals surface area contributed by atoms with Crippen LogP contribution in [0.5, 0.6) is 5.75 Å². The third-order valence-corrected chi connectivity index (χ3v) is 9.76. The predicted octanol–water partition coefficient (Wildman–Crippen LogP) is 3.61. The quantitative estimate of drug-likeness (QED) is 0.575. The van der Waals surface area contributed by atoms with E-state index < -0.39 is 0 Å². The van der Waals surface area contributed by atoms with E-state index in [-0.39, 0.29) is 17.7 Å². The number of benzene rings is 1. The normalized spacial score (nSPS) is 28.3. The van der Waals surface area contributed by atoms with Crippen molar-refractivity contribution in [3.05, 3.63) is 40.7 Å². The van der Waals surface area contributed by atoms with Gasteiger partial charge in [0.1, 0.15) is 5.75 Å². The molecular formula is C31H44N4O4. The minimum atomic E-state index is -0.0423. The fourth-order valence-electron chi connectivity index (χ4n) is 6.98. The third-order valence-electron chi connectivity index (χ3n) is 9.76. The van der Waals surface area contributed by atoms with Gasteiger partial charge in [-0.15, -0.1) is 0 Å². The Hall–Kier alpha value is -2.74. The summed E-state index contributed by atoms with van der Waals surface area (Å²) in [5.74, 6) is 3.11. The maximum Gasteiger partial charge on any atom is 0.253 e. The van der Waals surface area contributed by atoms with E-state index in [0.717, 1.165) is 88.5 Å². The molecule has 3 atom stereocenters. The van der Waals surface area contributed by atoms with Gasteiger partial charge in [0.25, 0.3) is 5.91 Å². The molecule has 8 heteroatoms. The summed E-state index contributed by atoms with van der Waals surface area (Å²) in [4.78, 5) is 31.1. The van der Waals surface area contributed by atoms with Crippen LogP contribution in [-0.4, -0.2) is 67.6 Å². The van der Waals surface area contributed by atoms with Crippen LogP contribution in [0.3, 0.4) is 0 Å². The number of allylic oxidation sites excluding steroid dienone is 2. The van der Waals surface area contributed by atoms with Crippen LogP contribution >= 0.6 is 0 Å². The van der Waals surface area contributed by atoms with Crippen molar-refractivity contribution in [2.75, 3.05) is 46.0 Å². The van der Waals surface area contributed by atoms with Crippen LogP contribution < -0.4 is 16.2 Å².